The molecule has 1 saturated heterocycles. The standard InChI is InChI=1S/C23H36N2O6S/c1-6-30-19-9-11-20(12-10-19)32(28,29)25-16-13-18(14-17-25)22(27)24(5)15-7-8-21(26)31-23(2,3)4/h9-12,18H,6-8,13-17H2,1-5H3. The highest BCUT2D eigenvalue weighted by Crippen LogP contribution is 2.26. The third-order valence-electron chi connectivity index (χ3n) is 5.25. The molecule has 0 atom stereocenters. The minimum Gasteiger partial charge on any atom is -0.494 e. The molecule has 1 heterocycles. The molecule has 9 heteroatoms. The lowest BCUT2D eigenvalue weighted by Crippen LogP contribution is -2.43. The van der Waals surface area contributed by atoms with Crippen molar-refractivity contribution < 1.29 is 27.5 Å². The molecule has 0 saturated carbocycles. The van der Waals surface area contributed by atoms with Gasteiger partial charge in [0.2, 0.25) is 15.9 Å². The van der Waals surface area contributed by atoms with Crippen LogP contribution in [0.2, 0.25) is 0 Å². The van der Waals surface area contributed by atoms with E-state index in [1.807, 2.05) is 27.7 Å². The summed E-state index contributed by atoms with van der Waals surface area (Å²) < 4.78 is 37.9. The number of carbonyl (C=O) groups is 2. The smallest absolute Gasteiger partial charge is 0.306 e. The summed E-state index contributed by atoms with van der Waals surface area (Å²) in [5.74, 6) is 0.136. The van der Waals surface area contributed by atoms with Gasteiger partial charge in [-0.15, -0.1) is 0 Å². The molecule has 1 aromatic carbocycles. The van der Waals surface area contributed by atoms with Gasteiger partial charge in [0, 0.05) is 39.0 Å². The molecule has 0 spiro atoms. The molecule has 0 N–H and O–H groups in total. The predicted molar refractivity (Wildman–Crippen MR) is 122 cm³/mol. The zero-order valence-electron chi connectivity index (χ0n) is 19.8. The Balaban J connectivity index is 1.83. The second kappa shape index (κ2) is 11.1. The molecule has 0 aliphatic carbocycles. The Morgan fingerprint density at radius 1 is 1.12 bits per heavy atom. The van der Waals surface area contributed by atoms with Crippen LogP contribution in [0.3, 0.4) is 0 Å². The molecule has 1 fully saturated rings. The fourth-order valence-electron chi connectivity index (χ4n) is 3.64. The molecule has 1 amide bonds. The molecular formula is C23H36N2O6S. The van der Waals surface area contributed by atoms with Gasteiger partial charge < -0.3 is 14.4 Å². The number of amides is 1. The van der Waals surface area contributed by atoms with Crippen molar-refractivity contribution in [2.24, 2.45) is 5.92 Å². The number of piperidine rings is 1. The molecule has 0 radical (unpaired) electrons. The summed E-state index contributed by atoms with van der Waals surface area (Å²) in [4.78, 5) is 26.4. The number of benzene rings is 1. The maximum Gasteiger partial charge on any atom is 0.306 e. The van der Waals surface area contributed by atoms with Crippen LogP contribution >= 0.6 is 0 Å². The van der Waals surface area contributed by atoms with Crippen LogP contribution in [-0.4, -0.2) is 68.4 Å². The molecule has 1 aliphatic heterocycles. The Bertz CT molecular complexity index is 869. The molecule has 1 aromatic rings. The van der Waals surface area contributed by atoms with E-state index in [2.05, 4.69) is 0 Å². The van der Waals surface area contributed by atoms with E-state index in [0.29, 0.717) is 51.3 Å². The third kappa shape index (κ3) is 7.48. The summed E-state index contributed by atoms with van der Waals surface area (Å²) in [6.45, 7) is 8.92. The summed E-state index contributed by atoms with van der Waals surface area (Å²) in [6, 6.07) is 6.41. The van der Waals surface area contributed by atoms with Crippen molar-refractivity contribution in [2.75, 3.05) is 33.3 Å². The number of esters is 1. The average molecular weight is 469 g/mol. The molecule has 8 nitrogen and oxygen atoms in total. The van der Waals surface area contributed by atoms with Gasteiger partial charge in [-0.25, -0.2) is 8.42 Å². The quantitative estimate of drug-likeness (QED) is 0.517. The van der Waals surface area contributed by atoms with Crippen LogP contribution < -0.4 is 4.74 Å². The highest BCUT2D eigenvalue weighted by molar-refractivity contribution is 7.89. The van der Waals surface area contributed by atoms with Crippen molar-refractivity contribution in [3.05, 3.63) is 24.3 Å². The van der Waals surface area contributed by atoms with Gasteiger partial charge in [-0.3, -0.25) is 9.59 Å². The van der Waals surface area contributed by atoms with Crippen molar-refractivity contribution in [1.29, 1.82) is 0 Å². The van der Waals surface area contributed by atoms with E-state index in [4.69, 9.17) is 9.47 Å². The summed E-state index contributed by atoms with van der Waals surface area (Å²) >= 11 is 0. The molecular weight excluding hydrogens is 432 g/mol. The Labute approximate surface area is 191 Å². The number of nitrogens with zero attached hydrogens (tertiary/aromatic N) is 2. The Morgan fingerprint density at radius 3 is 2.25 bits per heavy atom. The minimum absolute atomic E-state index is 0.00713. The van der Waals surface area contributed by atoms with Gasteiger partial charge in [0.1, 0.15) is 11.4 Å². The van der Waals surface area contributed by atoms with Gasteiger partial charge in [-0.1, -0.05) is 0 Å². The van der Waals surface area contributed by atoms with E-state index in [1.165, 1.54) is 4.31 Å². The SMILES string of the molecule is CCOc1ccc(S(=O)(=O)N2CCC(C(=O)N(C)CCCC(=O)OC(C)(C)C)CC2)cc1. The monoisotopic (exact) mass is 468 g/mol. The van der Waals surface area contributed by atoms with Crippen LogP contribution in [0.15, 0.2) is 29.2 Å². The number of hydrogen-bond donors (Lipinski definition) is 0. The lowest BCUT2D eigenvalue weighted by atomic mass is 9.96. The number of ether oxygens (including phenoxy) is 2. The molecule has 0 unspecified atom stereocenters. The highest BCUT2D eigenvalue weighted by atomic mass is 32.2. The summed E-state index contributed by atoms with van der Waals surface area (Å²) in [6.07, 6.45) is 1.74. The first-order valence-electron chi connectivity index (χ1n) is 11.1. The summed E-state index contributed by atoms with van der Waals surface area (Å²) in [5.41, 5.74) is -0.515. The van der Waals surface area contributed by atoms with Crippen LogP contribution in [-0.2, 0) is 24.3 Å². The third-order valence-corrected chi connectivity index (χ3v) is 7.16. The topological polar surface area (TPSA) is 93.2 Å². The van der Waals surface area contributed by atoms with Gasteiger partial charge in [-0.05, 0) is 71.2 Å². The second-order valence-corrected chi connectivity index (χ2v) is 11.0. The van der Waals surface area contributed by atoms with Crippen molar-refractivity contribution in [1.82, 2.24) is 9.21 Å². The maximum absolute atomic E-state index is 12.9. The minimum atomic E-state index is -3.60. The lowest BCUT2D eigenvalue weighted by molar-refractivity contribution is -0.155. The van der Waals surface area contributed by atoms with Gasteiger partial charge in [0.05, 0.1) is 11.5 Å². The molecule has 0 aromatic heterocycles. The number of rotatable bonds is 9. The van der Waals surface area contributed by atoms with Crippen LogP contribution in [0, 0.1) is 5.92 Å². The van der Waals surface area contributed by atoms with Crippen molar-refractivity contribution in [3.63, 3.8) is 0 Å². The van der Waals surface area contributed by atoms with E-state index in [-0.39, 0.29) is 29.1 Å². The normalized spacial score (nSPS) is 15.9. The van der Waals surface area contributed by atoms with Crippen LogP contribution in [0.5, 0.6) is 5.75 Å². The van der Waals surface area contributed by atoms with Crippen LogP contribution in [0.1, 0.15) is 53.4 Å². The molecule has 32 heavy (non-hydrogen) atoms. The number of carbonyl (C=O) groups excluding carboxylic acids is 2. The van der Waals surface area contributed by atoms with E-state index in [9.17, 15) is 18.0 Å². The zero-order valence-corrected chi connectivity index (χ0v) is 20.6. The van der Waals surface area contributed by atoms with E-state index in [1.54, 1.807) is 36.2 Å². The lowest BCUT2D eigenvalue weighted by Gasteiger charge is -2.32. The Kier molecular flexibility index (Phi) is 9.09. The van der Waals surface area contributed by atoms with Crippen molar-refractivity contribution >= 4 is 21.9 Å². The highest BCUT2D eigenvalue weighted by Gasteiger charge is 2.33. The predicted octanol–water partition coefficient (Wildman–Crippen LogP) is 3.07. The molecule has 2 rings (SSSR count). The van der Waals surface area contributed by atoms with Crippen molar-refractivity contribution in [3.8, 4) is 5.75 Å². The van der Waals surface area contributed by atoms with Gasteiger partial charge in [0.15, 0.2) is 0 Å². The molecule has 180 valence electrons. The van der Waals surface area contributed by atoms with E-state index >= 15 is 0 Å². The van der Waals surface area contributed by atoms with Crippen LogP contribution in [0.4, 0.5) is 0 Å². The van der Waals surface area contributed by atoms with Crippen molar-refractivity contribution in [2.45, 2.75) is 63.9 Å². The Morgan fingerprint density at radius 2 is 1.72 bits per heavy atom. The van der Waals surface area contributed by atoms with Crippen LogP contribution in [0.25, 0.3) is 0 Å². The first kappa shape index (κ1) is 26.1. The molecule has 1 aliphatic rings. The first-order valence-corrected chi connectivity index (χ1v) is 12.6. The van der Waals surface area contributed by atoms with E-state index < -0.39 is 15.6 Å². The Hall–Kier alpha value is -2.13. The largest absolute Gasteiger partial charge is 0.494 e. The first-order chi connectivity index (χ1) is 14.9. The number of sulfonamides is 1. The maximum atomic E-state index is 12.9. The fraction of sp³-hybridized carbons (Fsp3) is 0.652. The number of hydrogen-bond acceptors (Lipinski definition) is 6. The van der Waals surface area contributed by atoms with Gasteiger partial charge >= 0.3 is 5.97 Å². The van der Waals surface area contributed by atoms with Gasteiger partial charge in [-0.2, -0.15) is 4.31 Å². The van der Waals surface area contributed by atoms with E-state index in [0.717, 1.165) is 0 Å². The summed E-state index contributed by atoms with van der Waals surface area (Å²) in [7, 11) is -1.88. The average Bonchev–Trinajstić information content (AvgIpc) is 2.72. The fourth-order valence-corrected chi connectivity index (χ4v) is 5.11. The zero-order chi connectivity index (χ0) is 23.9. The van der Waals surface area contributed by atoms with Gasteiger partial charge in [0.25, 0.3) is 0 Å². The molecule has 0 bridgehead atoms. The summed E-state index contributed by atoms with van der Waals surface area (Å²) in [5, 5.41) is 0. The second-order valence-electron chi connectivity index (χ2n) is 9.03.